The van der Waals surface area contributed by atoms with Gasteiger partial charge in [-0.2, -0.15) is 0 Å². The molecule has 0 aliphatic rings. The first-order valence-electron chi connectivity index (χ1n) is 12.2. The van der Waals surface area contributed by atoms with Crippen molar-refractivity contribution >= 4 is 39.4 Å². The van der Waals surface area contributed by atoms with Crippen LogP contribution in [0.15, 0.2) is 66.9 Å². The van der Waals surface area contributed by atoms with E-state index in [2.05, 4.69) is 25.1 Å². The van der Waals surface area contributed by atoms with Crippen molar-refractivity contribution in [2.45, 2.75) is 31.3 Å². The number of amides is 2. The zero-order chi connectivity index (χ0) is 29.1. The molecule has 0 bridgehead atoms. The quantitative estimate of drug-likeness (QED) is 0.218. The highest BCUT2D eigenvalue weighted by atomic mass is 35.5. The third kappa shape index (κ3) is 9.42. The predicted molar refractivity (Wildman–Crippen MR) is 149 cm³/mol. The molecule has 1 atom stereocenters. The van der Waals surface area contributed by atoms with E-state index in [1.54, 1.807) is 36.4 Å². The average Bonchev–Trinajstić information content (AvgIpc) is 2.94. The van der Waals surface area contributed by atoms with Gasteiger partial charge in [0.05, 0.1) is 25.0 Å². The fraction of sp³-hybridized carbons (Fsp3) is 0.259. The zero-order valence-electron chi connectivity index (χ0n) is 21.7. The first kappa shape index (κ1) is 30.7. The van der Waals surface area contributed by atoms with Crippen LogP contribution in [0.5, 0.6) is 0 Å². The number of pyridine rings is 1. The number of halogens is 1. The minimum atomic E-state index is -4.01. The van der Waals surface area contributed by atoms with E-state index in [9.17, 15) is 22.8 Å². The van der Waals surface area contributed by atoms with Gasteiger partial charge in [0, 0.05) is 36.4 Å². The Bertz CT molecular complexity index is 1440. The molecule has 0 saturated carbocycles. The van der Waals surface area contributed by atoms with E-state index in [-0.39, 0.29) is 31.6 Å². The number of nitrogens with zero attached hydrogens (tertiary/aromatic N) is 1. The number of methoxy groups -OCH3 is 1. The number of esters is 1. The van der Waals surface area contributed by atoms with Crippen molar-refractivity contribution < 1.29 is 27.5 Å². The molecule has 0 spiro atoms. The molecule has 40 heavy (non-hydrogen) atoms. The number of hydrogen-bond donors (Lipinski definition) is 4. The summed E-state index contributed by atoms with van der Waals surface area (Å²) in [5.41, 5.74) is 8.45. The van der Waals surface area contributed by atoms with E-state index < -0.39 is 39.6 Å². The van der Waals surface area contributed by atoms with Crippen molar-refractivity contribution in [1.82, 2.24) is 20.3 Å². The van der Waals surface area contributed by atoms with E-state index in [0.29, 0.717) is 16.3 Å². The molecular weight excluding hydrogens is 558 g/mol. The molecule has 212 valence electrons. The van der Waals surface area contributed by atoms with E-state index in [0.717, 1.165) is 11.1 Å². The van der Waals surface area contributed by atoms with Gasteiger partial charge in [0.25, 0.3) is 0 Å². The molecule has 1 aromatic heterocycles. The number of hydrogen-bond acceptors (Lipinski definition) is 8. The Hall–Kier alpha value is -3.84. The van der Waals surface area contributed by atoms with Crippen LogP contribution in [0.25, 0.3) is 0 Å². The molecular formula is C27H30ClN5O6S. The molecule has 5 N–H and O–H groups in total. The van der Waals surface area contributed by atoms with Crippen LogP contribution in [0.4, 0.5) is 0 Å². The second-order valence-corrected chi connectivity index (χ2v) is 10.9. The molecule has 1 unspecified atom stereocenters. The van der Waals surface area contributed by atoms with Crippen LogP contribution in [-0.4, -0.2) is 50.9 Å². The molecule has 3 rings (SSSR count). The van der Waals surface area contributed by atoms with Crippen molar-refractivity contribution in [3.8, 4) is 0 Å². The lowest BCUT2D eigenvalue weighted by Crippen LogP contribution is -2.50. The van der Waals surface area contributed by atoms with E-state index in [4.69, 9.17) is 17.3 Å². The second-order valence-electron chi connectivity index (χ2n) is 8.75. The Labute approximate surface area is 237 Å². The maximum Gasteiger partial charge on any atom is 0.337 e. The highest BCUT2D eigenvalue weighted by Crippen LogP contribution is 2.16. The Morgan fingerprint density at radius 2 is 1.77 bits per heavy atom. The van der Waals surface area contributed by atoms with E-state index in [1.807, 2.05) is 0 Å². The lowest BCUT2D eigenvalue weighted by molar-refractivity contribution is -0.127. The van der Waals surface area contributed by atoms with Crippen molar-refractivity contribution in [3.63, 3.8) is 0 Å². The van der Waals surface area contributed by atoms with Crippen molar-refractivity contribution in [3.05, 3.63) is 99.8 Å². The van der Waals surface area contributed by atoms with Gasteiger partial charge in [-0.3, -0.25) is 14.6 Å². The molecule has 11 nitrogen and oxygen atoms in total. The van der Waals surface area contributed by atoms with Crippen molar-refractivity contribution in [2.24, 2.45) is 5.73 Å². The van der Waals surface area contributed by atoms with Gasteiger partial charge >= 0.3 is 5.97 Å². The highest BCUT2D eigenvalue weighted by molar-refractivity contribution is 7.88. The summed E-state index contributed by atoms with van der Waals surface area (Å²) in [5.74, 6) is -2.17. The number of ether oxygens (including phenoxy) is 1. The Balaban J connectivity index is 1.64. The van der Waals surface area contributed by atoms with Crippen LogP contribution >= 0.6 is 11.6 Å². The molecule has 3 aromatic rings. The van der Waals surface area contributed by atoms with Crippen LogP contribution in [0.1, 0.15) is 32.7 Å². The smallest absolute Gasteiger partial charge is 0.337 e. The highest BCUT2D eigenvalue weighted by Gasteiger charge is 2.26. The monoisotopic (exact) mass is 587 g/mol. The Morgan fingerprint density at radius 1 is 1.02 bits per heavy atom. The van der Waals surface area contributed by atoms with Gasteiger partial charge in [-0.15, -0.1) is 0 Å². The molecule has 2 aromatic carbocycles. The number of nitrogens with two attached hydrogens (primary N) is 1. The molecule has 0 aliphatic carbocycles. The maximum absolute atomic E-state index is 13.0. The SMILES string of the molecule is COC(=O)c1ccc(CS(=O)(=O)NC(Cc2ccccn2)C(=O)NCC(=O)NCc2cc(Cl)ccc2CN)cc1. The number of sulfonamides is 1. The van der Waals surface area contributed by atoms with Gasteiger partial charge in [0.1, 0.15) is 6.04 Å². The van der Waals surface area contributed by atoms with Gasteiger partial charge in [0.2, 0.25) is 21.8 Å². The summed E-state index contributed by atoms with van der Waals surface area (Å²) < 4.78 is 33.0. The number of rotatable bonds is 13. The summed E-state index contributed by atoms with van der Waals surface area (Å²) in [6, 6.07) is 14.9. The lowest BCUT2D eigenvalue weighted by atomic mass is 10.1. The number of nitrogens with one attached hydrogen (secondary N) is 3. The third-order valence-corrected chi connectivity index (χ3v) is 7.39. The number of aromatic nitrogens is 1. The summed E-state index contributed by atoms with van der Waals surface area (Å²) in [6.45, 7) is 0.0389. The number of carbonyl (C=O) groups is 3. The predicted octanol–water partition coefficient (Wildman–Crippen LogP) is 1.44. The molecule has 13 heteroatoms. The first-order chi connectivity index (χ1) is 19.1. The summed E-state index contributed by atoms with van der Waals surface area (Å²) in [5, 5.41) is 5.67. The Kier molecular flexibility index (Phi) is 11.1. The standard InChI is InChI=1S/C27H30ClN5O6S/c1-39-27(36)19-7-5-18(6-8-19)17-40(37,38)33-24(13-23-4-2-3-11-30-23)26(35)32-16-25(34)31-15-21-12-22(28)10-9-20(21)14-29/h2-12,24,33H,13-17,29H2,1H3,(H,31,34)(H,32,35). The normalized spacial score (nSPS) is 11.9. The minimum absolute atomic E-state index is 0.0445. The maximum atomic E-state index is 13.0. The van der Waals surface area contributed by atoms with Crippen molar-refractivity contribution in [1.29, 1.82) is 0 Å². The second kappa shape index (κ2) is 14.5. The van der Waals surface area contributed by atoms with Gasteiger partial charge < -0.3 is 21.1 Å². The number of carbonyl (C=O) groups excluding carboxylic acids is 3. The van der Waals surface area contributed by atoms with Crippen LogP contribution < -0.4 is 21.1 Å². The first-order valence-corrected chi connectivity index (χ1v) is 14.2. The fourth-order valence-corrected chi connectivity index (χ4v) is 5.29. The molecule has 0 aliphatic heterocycles. The van der Waals surface area contributed by atoms with Crippen LogP contribution in [-0.2, 0) is 49.6 Å². The van der Waals surface area contributed by atoms with Crippen LogP contribution in [0, 0.1) is 0 Å². The topological polar surface area (TPSA) is 170 Å². The largest absolute Gasteiger partial charge is 0.465 e. The molecule has 0 radical (unpaired) electrons. The summed E-state index contributed by atoms with van der Waals surface area (Å²) in [6.07, 6.45) is 1.48. The minimum Gasteiger partial charge on any atom is -0.465 e. The fourth-order valence-electron chi connectivity index (χ4n) is 3.75. The summed E-state index contributed by atoms with van der Waals surface area (Å²) in [7, 11) is -2.77. The zero-order valence-corrected chi connectivity index (χ0v) is 23.3. The van der Waals surface area contributed by atoms with Gasteiger partial charge in [-0.05, 0) is 53.1 Å². The van der Waals surface area contributed by atoms with Gasteiger partial charge in [-0.1, -0.05) is 35.9 Å². The van der Waals surface area contributed by atoms with Crippen molar-refractivity contribution in [2.75, 3.05) is 13.7 Å². The lowest BCUT2D eigenvalue weighted by Gasteiger charge is -2.18. The molecule has 0 fully saturated rings. The van der Waals surface area contributed by atoms with E-state index in [1.165, 1.54) is 37.6 Å². The molecule has 0 saturated heterocycles. The van der Waals surface area contributed by atoms with Crippen LogP contribution in [0.3, 0.4) is 0 Å². The third-order valence-electron chi connectivity index (χ3n) is 5.80. The molecule has 2 amide bonds. The van der Waals surface area contributed by atoms with Gasteiger partial charge in [-0.25, -0.2) is 17.9 Å². The van der Waals surface area contributed by atoms with E-state index >= 15 is 0 Å². The summed E-state index contributed by atoms with van der Waals surface area (Å²) >= 11 is 6.03. The van der Waals surface area contributed by atoms with Crippen LogP contribution in [0.2, 0.25) is 5.02 Å². The molecule has 1 heterocycles. The Morgan fingerprint density at radius 3 is 2.42 bits per heavy atom. The number of benzene rings is 2. The summed E-state index contributed by atoms with van der Waals surface area (Å²) in [4.78, 5) is 41.3. The average molecular weight is 588 g/mol. The van der Waals surface area contributed by atoms with Gasteiger partial charge in [0.15, 0.2) is 0 Å².